The van der Waals surface area contributed by atoms with E-state index in [1.165, 1.54) is 0 Å². The van der Waals surface area contributed by atoms with Gasteiger partial charge in [-0.1, -0.05) is 13.0 Å². The molecule has 0 bridgehead atoms. The highest BCUT2D eigenvalue weighted by molar-refractivity contribution is 5.43. The lowest BCUT2D eigenvalue weighted by molar-refractivity contribution is 0.172. The first-order chi connectivity index (χ1) is 7.58. The summed E-state index contributed by atoms with van der Waals surface area (Å²) in [5.41, 5.74) is 0.860. The minimum Gasteiger partial charge on any atom is -0.493 e. The van der Waals surface area contributed by atoms with Crippen LogP contribution in [0, 0.1) is 0 Å². The van der Waals surface area contributed by atoms with E-state index in [0.29, 0.717) is 17.9 Å². The molecule has 0 aliphatic rings. The van der Waals surface area contributed by atoms with Gasteiger partial charge in [0.05, 0.1) is 19.3 Å². The number of rotatable bonds is 5. The van der Waals surface area contributed by atoms with Gasteiger partial charge in [-0.25, -0.2) is 0 Å². The van der Waals surface area contributed by atoms with E-state index in [4.69, 9.17) is 9.47 Å². The zero-order chi connectivity index (χ0) is 12.1. The van der Waals surface area contributed by atoms with E-state index < -0.39 is 6.10 Å². The van der Waals surface area contributed by atoms with Crippen molar-refractivity contribution >= 4 is 0 Å². The van der Waals surface area contributed by atoms with Crippen LogP contribution in [-0.2, 0) is 0 Å². The van der Waals surface area contributed by atoms with Crippen molar-refractivity contribution in [1.82, 2.24) is 0 Å². The number of hydrogen-bond donors (Lipinski definition) is 1. The van der Waals surface area contributed by atoms with E-state index >= 15 is 0 Å². The second-order valence-corrected chi connectivity index (χ2v) is 4.00. The molecule has 0 amide bonds. The molecule has 1 atom stereocenters. The highest BCUT2D eigenvalue weighted by Crippen LogP contribution is 2.31. The molecule has 0 radical (unpaired) electrons. The highest BCUT2D eigenvalue weighted by atomic mass is 16.5. The summed E-state index contributed by atoms with van der Waals surface area (Å²) in [6.07, 6.45) is 0.330. The minimum absolute atomic E-state index is 0.0860. The van der Waals surface area contributed by atoms with Gasteiger partial charge in [0.15, 0.2) is 11.5 Å². The zero-order valence-electron chi connectivity index (χ0n) is 10.4. The monoisotopic (exact) mass is 224 g/mol. The van der Waals surface area contributed by atoms with Crippen LogP contribution in [0.5, 0.6) is 11.5 Å². The van der Waals surface area contributed by atoms with E-state index in [1.807, 2.05) is 39.0 Å². The fourth-order valence-electron chi connectivity index (χ4n) is 1.48. The maximum atomic E-state index is 9.76. The van der Waals surface area contributed by atoms with Crippen LogP contribution in [0.1, 0.15) is 38.9 Å². The molecule has 0 spiro atoms. The summed E-state index contributed by atoms with van der Waals surface area (Å²) in [7, 11) is 1.61. The molecule has 0 aliphatic heterocycles. The number of hydrogen-bond acceptors (Lipinski definition) is 3. The van der Waals surface area contributed by atoms with E-state index in [2.05, 4.69) is 0 Å². The number of benzene rings is 1. The summed E-state index contributed by atoms with van der Waals surface area (Å²) >= 11 is 0. The van der Waals surface area contributed by atoms with Crippen LogP contribution in [0.25, 0.3) is 0 Å². The van der Waals surface area contributed by atoms with E-state index in [1.54, 1.807) is 7.11 Å². The largest absolute Gasteiger partial charge is 0.493 e. The van der Waals surface area contributed by atoms with Gasteiger partial charge in [-0.05, 0) is 38.0 Å². The van der Waals surface area contributed by atoms with Gasteiger partial charge in [-0.15, -0.1) is 0 Å². The third-order valence-electron chi connectivity index (χ3n) is 2.32. The summed E-state index contributed by atoms with van der Waals surface area (Å²) in [6.45, 7) is 5.86. The SMILES string of the molecule is CCC(O)c1ccc(OC)c(OC(C)C)c1. The molecule has 3 heteroatoms. The maximum Gasteiger partial charge on any atom is 0.161 e. The molecule has 1 unspecified atom stereocenters. The van der Waals surface area contributed by atoms with Crippen molar-refractivity contribution in [3.63, 3.8) is 0 Å². The van der Waals surface area contributed by atoms with Gasteiger partial charge >= 0.3 is 0 Å². The van der Waals surface area contributed by atoms with Gasteiger partial charge in [0.1, 0.15) is 0 Å². The van der Waals surface area contributed by atoms with E-state index in [9.17, 15) is 5.11 Å². The molecule has 0 aromatic heterocycles. The van der Waals surface area contributed by atoms with Crippen molar-refractivity contribution in [2.24, 2.45) is 0 Å². The van der Waals surface area contributed by atoms with Crippen molar-refractivity contribution in [1.29, 1.82) is 0 Å². The molecule has 1 aromatic carbocycles. The first-order valence-electron chi connectivity index (χ1n) is 5.61. The molecular formula is C13H20O3. The first kappa shape index (κ1) is 12.8. The molecule has 0 saturated heterocycles. The second kappa shape index (κ2) is 5.75. The number of aliphatic hydroxyl groups is 1. The number of ether oxygens (including phenoxy) is 2. The molecule has 3 nitrogen and oxygen atoms in total. The zero-order valence-corrected chi connectivity index (χ0v) is 10.4. The van der Waals surface area contributed by atoms with E-state index in [0.717, 1.165) is 5.56 Å². The molecule has 0 saturated carbocycles. The van der Waals surface area contributed by atoms with Crippen molar-refractivity contribution in [2.75, 3.05) is 7.11 Å². The maximum absolute atomic E-state index is 9.76. The summed E-state index contributed by atoms with van der Waals surface area (Å²) in [6, 6.07) is 5.53. The molecule has 90 valence electrons. The smallest absolute Gasteiger partial charge is 0.161 e. The Kier molecular flexibility index (Phi) is 4.62. The highest BCUT2D eigenvalue weighted by Gasteiger charge is 2.11. The Balaban J connectivity index is 3.00. The Bertz CT molecular complexity index is 334. The van der Waals surface area contributed by atoms with E-state index in [-0.39, 0.29) is 6.10 Å². The third kappa shape index (κ3) is 3.14. The fraction of sp³-hybridized carbons (Fsp3) is 0.538. The molecule has 16 heavy (non-hydrogen) atoms. The van der Waals surface area contributed by atoms with Crippen LogP contribution < -0.4 is 9.47 Å². The second-order valence-electron chi connectivity index (χ2n) is 4.00. The van der Waals surface area contributed by atoms with Gasteiger partial charge in [-0.3, -0.25) is 0 Å². The van der Waals surface area contributed by atoms with Crippen LogP contribution in [0.4, 0.5) is 0 Å². The Hall–Kier alpha value is -1.22. The van der Waals surface area contributed by atoms with Crippen LogP contribution in [0.3, 0.4) is 0 Å². The third-order valence-corrected chi connectivity index (χ3v) is 2.32. The minimum atomic E-state index is -0.444. The van der Waals surface area contributed by atoms with Crippen LogP contribution >= 0.6 is 0 Å². The lowest BCUT2D eigenvalue weighted by atomic mass is 10.1. The van der Waals surface area contributed by atoms with Crippen molar-refractivity contribution in [3.05, 3.63) is 23.8 Å². The normalized spacial score (nSPS) is 12.6. The average molecular weight is 224 g/mol. The van der Waals surface area contributed by atoms with Gasteiger partial charge in [0.2, 0.25) is 0 Å². The molecule has 1 N–H and O–H groups in total. The van der Waals surface area contributed by atoms with Crippen LogP contribution in [0.15, 0.2) is 18.2 Å². The Morgan fingerprint density at radius 3 is 2.44 bits per heavy atom. The Morgan fingerprint density at radius 2 is 1.94 bits per heavy atom. The predicted molar refractivity (Wildman–Crippen MR) is 64.0 cm³/mol. The molecule has 0 fully saturated rings. The quantitative estimate of drug-likeness (QED) is 0.835. The number of aliphatic hydroxyl groups excluding tert-OH is 1. The van der Waals surface area contributed by atoms with Gasteiger partial charge in [0.25, 0.3) is 0 Å². The van der Waals surface area contributed by atoms with Crippen LogP contribution in [0.2, 0.25) is 0 Å². The van der Waals surface area contributed by atoms with Crippen molar-refractivity contribution in [2.45, 2.75) is 39.4 Å². The Morgan fingerprint density at radius 1 is 1.25 bits per heavy atom. The molecular weight excluding hydrogens is 204 g/mol. The Labute approximate surface area is 97.0 Å². The van der Waals surface area contributed by atoms with Gasteiger partial charge in [-0.2, -0.15) is 0 Å². The molecule has 0 heterocycles. The van der Waals surface area contributed by atoms with Gasteiger partial charge < -0.3 is 14.6 Å². The van der Waals surface area contributed by atoms with Crippen molar-refractivity contribution in [3.8, 4) is 11.5 Å². The molecule has 1 rings (SSSR count). The van der Waals surface area contributed by atoms with Gasteiger partial charge in [0, 0.05) is 0 Å². The first-order valence-corrected chi connectivity index (χ1v) is 5.61. The van der Waals surface area contributed by atoms with Crippen molar-refractivity contribution < 1.29 is 14.6 Å². The number of methoxy groups -OCH3 is 1. The summed E-state index contributed by atoms with van der Waals surface area (Å²) in [4.78, 5) is 0. The predicted octanol–water partition coefficient (Wildman–Crippen LogP) is 2.93. The lowest BCUT2D eigenvalue weighted by Crippen LogP contribution is -2.07. The summed E-state index contributed by atoms with van der Waals surface area (Å²) < 4.78 is 10.8. The summed E-state index contributed by atoms with van der Waals surface area (Å²) in [5.74, 6) is 1.38. The van der Waals surface area contributed by atoms with Crippen LogP contribution in [-0.4, -0.2) is 18.3 Å². The standard InChI is InChI=1S/C13H20O3/c1-5-11(14)10-6-7-12(15-4)13(8-10)16-9(2)3/h6-9,11,14H,5H2,1-4H3. The molecule has 0 aliphatic carbocycles. The fourth-order valence-corrected chi connectivity index (χ4v) is 1.48. The summed E-state index contributed by atoms with van der Waals surface area (Å²) in [5, 5.41) is 9.76. The lowest BCUT2D eigenvalue weighted by Gasteiger charge is -2.16. The molecule has 1 aromatic rings. The average Bonchev–Trinajstić information content (AvgIpc) is 2.27. The topological polar surface area (TPSA) is 38.7 Å².